The molecule has 0 saturated carbocycles. The van der Waals surface area contributed by atoms with E-state index in [1.807, 2.05) is 22.7 Å². The van der Waals surface area contributed by atoms with Crippen LogP contribution in [0.1, 0.15) is 11.3 Å². The topological polar surface area (TPSA) is 55.6 Å². The van der Waals surface area contributed by atoms with Crippen molar-refractivity contribution in [3.63, 3.8) is 0 Å². The van der Waals surface area contributed by atoms with Gasteiger partial charge in [0.05, 0.1) is 12.1 Å². The Balaban J connectivity index is 1.62. The molecule has 1 aromatic carbocycles. The lowest BCUT2D eigenvalue weighted by Gasteiger charge is -2.08. The quantitative estimate of drug-likeness (QED) is 0.677. The third-order valence-corrected chi connectivity index (χ3v) is 3.97. The molecule has 0 aliphatic heterocycles. The second-order valence-electron chi connectivity index (χ2n) is 5.30. The molecule has 0 saturated heterocycles. The first-order valence-corrected chi connectivity index (χ1v) is 8.22. The summed E-state index contributed by atoms with van der Waals surface area (Å²) in [5.41, 5.74) is 2.18. The van der Waals surface area contributed by atoms with E-state index in [2.05, 4.69) is 31.0 Å². The molecule has 0 aliphatic rings. The number of amides is 1. The van der Waals surface area contributed by atoms with Gasteiger partial charge >= 0.3 is 6.61 Å². The van der Waals surface area contributed by atoms with Crippen LogP contribution in [0.25, 0.3) is 5.65 Å². The van der Waals surface area contributed by atoms with Gasteiger partial charge in [0.1, 0.15) is 11.4 Å². The zero-order valence-corrected chi connectivity index (χ0v) is 14.5. The molecule has 3 aromatic rings. The molecule has 130 valence electrons. The molecule has 1 amide bonds. The van der Waals surface area contributed by atoms with E-state index in [1.165, 1.54) is 12.1 Å². The summed E-state index contributed by atoms with van der Waals surface area (Å²) in [5.74, 6) is -0.129. The first-order valence-electron chi connectivity index (χ1n) is 7.43. The number of nitrogens with one attached hydrogen (secondary N) is 1. The van der Waals surface area contributed by atoms with Gasteiger partial charge in [-0.2, -0.15) is 8.78 Å². The highest BCUT2D eigenvalue weighted by Crippen LogP contribution is 2.16. The van der Waals surface area contributed by atoms with Crippen molar-refractivity contribution in [3.05, 3.63) is 64.5 Å². The van der Waals surface area contributed by atoms with Crippen molar-refractivity contribution in [1.29, 1.82) is 0 Å². The van der Waals surface area contributed by atoms with E-state index in [1.54, 1.807) is 18.3 Å². The number of fused-ring (bicyclic) bond motifs is 1. The Morgan fingerprint density at radius 2 is 2.16 bits per heavy atom. The number of rotatable bonds is 6. The largest absolute Gasteiger partial charge is 0.435 e. The summed E-state index contributed by atoms with van der Waals surface area (Å²) in [4.78, 5) is 16.4. The van der Waals surface area contributed by atoms with E-state index >= 15 is 0 Å². The summed E-state index contributed by atoms with van der Waals surface area (Å²) < 4.78 is 31.5. The first-order chi connectivity index (χ1) is 12.0. The minimum atomic E-state index is -2.88. The van der Waals surface area contributed by atoms with Gasteiger partial charge in [0.15, 0.2) is 0 Å². The predicted molar refractivity (Wildman–Crippen MR) is 91.5 cm³/mol. The number of hydrogen-bond donors (Lipinski definition) is 1. The minimum Gasteiger partial charge on any atom is -0.435 e. The van der Waals surface area contributed by atoms with E-state index in [-0.39, 0.29) is 24.6 Å². The van der Waals surface area contributed by atoms with Crippen molar-refractivity contribution >= 4 is 27.5 Å². The van der Waals surface area contributed by atoms with E-state index in [0.29, 0.717) is 5.56 Å². The molecule has 0 radical (unpaired) electrons. The second kappa shape index (κ2) is 7.60. The van der Waals surface area contributed by atoms with Crippen LogP contribution in [-0.4, -0.2) is 21.9 Å². The molecule has 2 heterocycles. The molecule has 25 heavy (non-hydrogen) atoms. The molecule has 0 unspecified atom stereocenters. The Morgan fingerprint density at radius 1 is 1.32 bits per heavy atom. The fourth-order valence-corrected chi connectivity index (χ4v) is 2.73. The standard InChI is InChI=1S/C17H14BrF2N3O2/c18-12-4-5-15-21-9-13(23(15)10-12)7-16(24)22-8-11-2-1-3-14(6-11)25-17(19)20/h1-6,9-10,17H,7-8H2,(H,22,24). The number of alkyl halides is 2. The smallest absolute Gasteiger partial charge is 0.387 e. The number of pyridine rings is 1. The van der Waals surface area contributed by atoms with Crippen molar-refractivity contribution in [2.24, 2.45) is 0 Å². The van der Waals surface area contributed by atoms with Crippen molar-refractivity contribution in [2.75, 3.05) is 0 Å². The predicted octanol–water partition coefficient (Wildman–Crippen LogP) is 3.56. The fraction of sp³-hybridized carbons (Fsp3) is 0.176. The Hall–Kier alpha value is -2.48. The number of benzene rings is 1. The van der Waals surface area contributed by atoms with Crippen molar-refractivity contribution < 1.29 is 18.3 Å². The summed E-state index contributed by atoms with van der Waals surface area (Å²) in [7, 11) is 0. The van der Waals surface area contributed by atoms with Gasteiger partial charge in [-0.25, -0.2) is 4.98 Å². The van der Waals surface area contributed by atoms with Crippen molar-refractivity contribution in [1.82, 2.24) is 14.7 Å². The molecule has 0 aliphatic carbocycles. The lowest BCUT2D eigenvalue weighted by Crippen LogP contribution is -2.25. The lowest BCUT2D eigenvalue weighted by molar-refractivity contribution is -0.120. The number of hydrogen-bond acceptors (Lipinski definition) is 3. The molecule has 0 atom stereocenters. The first kappa shape index (κ1) is 17.3. The Morgan fingerprint density at radius 3 is 2.96 bits per heavy atom. The number of aromatic nitrogens is 2. The van der Waals surface area contributed by atoms with Crippen molar-refractivity contribution in [2.45, 2.75) is 19.6 Å². The Kier molecular flexibility index (Phi) is 5.28. The summed E-state index contributed by atoms with van der Waals surface area (Å²) >= 11 is 3.39. The van der Waals surface area contributed by atoms with E-state index in [9.17, 15) is 13.6 Å². The Labute approximate surface area is 150 Å². The van der Waals surface area contributed by atoms with Gasteiger partial charge < -0.3 is 14.5 Å². The normalized spacial score (nSPS) is 11.0. The van der Waals surface area contributed by atoms with Crippen LogP contribution in [0, 0.1) is 0 Å². The Bertz CT molecular complexity index is 898. The highest BCUT2D eigenvalue weighted by Gasteiger charge is 2.10. The van der Waals surface area contributed by atoms with Crippen LogP contribution in [-0.2, 0) is 17.8 Å². The van der Waals surface area contributed by atoms with Gasteiger partial charge in [0.2, 0.25) is 5.91 Å². The number of nitrogens with zero attached hydrogens (tertiary/aromatic N) is 2. The molecular weight excluding hydrogens is 396 g/mol. The van der Waals surface area contributed by atoms with Crippen LogP contribution in [0.2, 0.25) is 0 Å². The average Bonchev–Trinajstić information content (AvgIpc) is 2.95. The molecule has 0 bridgehead atoms. The summed E-state index contributed by atoms with van der Waals surface area (Å²) in [5, 5.41) is 2.76. The zero-order chi connectivity index (χ0) is 17.8. The maximum Gasteiger partial charge on any atom is 0.387 e. The van der Waals surface area contributed by atoms with Crippen LogP contribution in [0.5, 0.6) is 5.75 Å². The summed E-state index contributed by atoms with van der Waals surface area (Å²) in [6, 6.07) is 9.96. The van der Waals surface area contributed by atoms with Gasteiger partial charge in [0.25, 0.3) is 0 Å². The molecule has 5 nitrogen and oxygen atoms in total. The maximum atomic E-state index is 12.2. The molecule has 0 fully saturated rings. The van der Waals surface area contributed by atoms with Gasteiger partial charge in [-0.15, -0.1) is 0 Å². The van der Waals surface area contributed by atoms with E-state index in [4.69, 9.17) is 0 Å². The summed E-state index contributed by atoms with van der Waals surface area (Å²) in [6.45, 7) is -2.65. The fourth-order valence-electron chi connectivity index (χ4n) is 2.40. The van der Waals surface area contributed by atoms with E-state index in [0.717, 1.165) is 15.8 Å². The van der Waals surface area contributed by atoms with Gasteiger partial charge in [-0.05, 0) is 45.8 Å². The SMILES string of the molecule is O=C(Cc1cnc2ccc(Br)cn12)NCc1cccc(OC(F)F)c1. The molecule has 2 aromatic heterocycles. The van der Waals surface area contributed by atoms with Gasteiger partial charge in [-0.1, -0.05) is 12.1 Å². The maximum absolute atomic E-state index is 12.2. The van der Waals surface area contributed by atoms with E-state index < -0.39 is 6.61 Å². The molecule has 0 spiro atoms. The molecular formula is C17H14BrF2N3O2. The lowest BCUT2D eigenvalue weighted by atomic mass is 10.2. The molecule has 8 heteroatoms. The van der Waals surface area contributed by atoms with Crippen LogP contribution in [0.3, 0.4) is 0 Å². The highest BCUT2D eigenvalue weighted by atomic mass is 79.9. The number of halogens is 3. The van der Waals surface area contributed by atoms with Crippen LogP contribution in [0.4, 0.5) is 8.78 Å². The average molecular weight is 410 g/mol. The third-order valence-electron chi connectivity index (χ3n) is 3.50. The van der Waals surface area contributed by atoms with Gasteiger partial charge in [0, 0.05) is 23.4 Å². The summed E-state index contributed by atoms with van der Waals surface area (Å²) in [6.07, 6.45) is 3.65. The number of carbonyl (C=O) groups is 1. The van der Waals surface area contributed by atoms with Gasteiger partial charge in [-0.3, -0.25) is 4.79 Å². The van der Waals surface area contributed by atoms with Crippen molar-refractivity contribution in [3.8, 4) is 5.75 Å². The highest BCUT2D eigenvalue weighted by molar-refractivity contribution is 9.10. The van der Waals surface area contributed by atoms with Crippen LogP contribution in [0.15, 0.2) is 53.3 Å². The monoisotopic (exact) mass is 409 g/mol. The third kappa shape index (κ3) is 4.54. The van der Waals surface area contributed by atoms with Crippen LogP contribution >= 0.6 is 15.9 Å². The number of carbonyl (C=O) groups excluding carboxylic acids is 1. The zero-order valence-electron chi connectivity index (χ0n) is 13.0. The second-order valence-corrected chi connectivity index (χ2v) is 6.22. The number of imidazole rings is 1. The number of ether oxygens (including phenoxy) is 1. The molecule has 1 N–H and O–H groups in total. The molecule has 3 rings (SSSR count). The minimum absolute atomic E-state index is 0.0633. The van der Waals surface area contributed by atoms with Crippen LogP contribution < -0.4 is 10.1 Å².